The summed E-state index contributed by atoms with van der Waals surface area (Å²) in [7, 11) is 1.83. The van der Waals surface area contributed by atoms with E-state index in [1.165, 1.54) is 5.39 Å². The Morgan fingerprint density at radius 3 is 2.83 bits per heavy atom. The maximum Gasteiger partial charge on any atom is 0.257 e. The molecule has 1 aliphatic rings. The van der Waals surface area contributed by atoms with Crippen LogP contribution in [0.1, 0.15) is 34.8 Å². The van der Waals surface area contributed by atoms with Gasteiger partial charge in [0.25, 0.3) is 5.91 Å². The summed E-state index contributed by atoms with van der Waals surface area (Å²) in [6, 6.07) is 10.4. The van der Waals surface area contributed by atoms with E-state index in [4.69, 9.17) is 0 Å². The Hall–Kier alpha value is -2.69. The first-order valence-electron chi connectivity index (χ1n) is 8.33. The van der Waals surface area contributed by atoms with Gasteiger partial charge < -0.3 is 4.90 Å². The second-order valence-electron chi connectivity index (χ2n) is 6.45. The van der Waals surface area contributed by atoms with Gasteiger partial charge in [0.15, 0.2) is 0 Å². The van der Waals surface area contributed by atoms with Gasteiger partial charge >= 0.3 is 0 Å². The van der Waals surface area contributed by atoms with Crippen LogP contribution in [0.4, 0.5) is 0 Å². The Labute approximate surface area is 140 Å². The maximum absolute atomic E-state index is 12.7. The first-order valence-corrected chi connectivity index (χ1v) is 8.33. The molecule has 3 heterocycles. The average Bonchev–Trinajstić information content (AvgIpc) is 3.07. The van der Waals surface area contributed by atoms with Gasteiger partial charge in [0, 0.05) is 49.5 Å². The third-order valence-corrected chi connectivity index (χ3v) is 4.73. The van der Waals surface area contributed by atoms with Crippen molar-refractivity contribution in [2.45, 2.75) is 18.8 Å². The molecule has 122 valence electrons. The molecule has 1 aromatic carbocycles. The molecule has 1 amide bonds. The number of hydrogen-bond acceptors (Lipinski definition) is 3. The largest absolute Gasteiger partial charge is 0.338 e. The molecule has 0 spiro atoms. The Balaban J connectivity index is 1.56. The van der Waals surface area contributed by atoms with Gasteiger partial charge in [-0.25, -0.2) is 0 Å². The van der Waals surface area contributed by atoms with E-state index >= 15 is 0 Å². The molecule has 3 aromatic rings. The van der Waals surface area contributed by atoms with Crippen LogP contribution >= 0.6 is 0 Å². The average molecular weight is 320 g/mol. The highest BCUT2D eigenvalue weighted by Gasteiger charge is 2.26. The summed E-state index contributed by atoms with van der Waals surface area (Å²) in [4.78, 5) is 19.2. The van der Waals surface area contributed by atoms with Crippen LogP contribution in [0.3, 0.4) is 0 Å². The van der Waals surface area contributed by atoms with Gasteiger partial charge in [0.05, 0.1) is 11.8 Å². The summed E-state index contributed by atoms with van der Waals surface area (Å²) in [6.45, 7) is 1.52. The van der Waals surface area contributed by atoms with Crippen molar-refractivity contribution in [3.8, 4) is 0 Å². The van der Waals surface area contributed by atoms with Crippen molar-refractivity contribution in [1.82, 2.24) is 19.7 Å². The molecule has 0 N–H and O–H groups in total. The Morgan fingerprint density at radius 2 is 2.04 bits per heavy atom. The fourth-order valence-corrected chi connectivity index (χ4v) is 3.44. The number of amides is 1. The highest BCUT2D eigenvalue weighted by atomic mass is 16.2. The Morgan fingerprint density at radius 1 is 1.21 bits per heavy atom. The lowest BCUT2D eigenvalue weighted by molar-refractivity contribution is 0.0706. The lowest BCUT2D eigenvalue weighted by atomic mass is 9.93. The summed E-state index contributed by atoms with van der Waals surface area (Å²) in [5, 5.41) is 6.46. The molecule has 5 nitrogen and oxygen atoms in total. The topological polar surface area (TPSA) is 51.0 Å². The van der Waals surface area contributed by atoms with E-state index in [0.29, 0.717) is 11.5 Å². The molecule has 0 radical (unpaired) electrons. The number of likely N-dealkylation sites (tertiary alicyclic amines) is 1. The first kappa shape index (κ1) is 14.9. The number of carbonyl (C=O) groups excluding carboxylic acids is 1. The molecule has 1 aliphatic heterocycles. The smallest absolute Gasteiger partial charge is 0.257 e. The van der Waals surface area contributed by atoms with Crippen molar-refractivity contribution in [1.29, 1.82) is 0 Å². The van der Waals surface area contributed by atoms with Crippen molar-refractivity contribution in [2.24, 2.45) is 7.05 Å². The van der Waals surface area contributed by atoms with Crippen LogP contribution in [0, 0.1) is 0 Å². The van der Waals surface area contributed by atoms with Gasteiger partial charge in [-0.1, -0.05) is 24.3 Å². The minimum absolute atomic E-state index is 0.0635. The molecular formula is C19H20N4O. The number of aromatic nitrogens is 3. The molecule has 0 aliphatic carbocycles. The van der Waals surface area contributed by atoms with Crippen LogP contribution in [0.15, 0.2) is 48.9 Å². The normalized spacial score (nSPS) is 18.0. The van der Waals surface area contributed by atoms with Crippen LogP contribution in [0.5, 0.6) is 0 Å². The minimum atomic E-state index is 0.0635. The predicted octanol–water partition coefficient (Wildman–Crippen LogP) is 2.99. The molecule has 1 saturated heterocycles. The van der Waals surface area contributed by atoms with Gasteiger partial charge in [-0.15, -0.1) is 0 Å². The van der Waals surface area contributed by atoms with Crippen LogP contribution in [-0.2, 0) is 7.05 Å². The van der Waals surface area contributed by atoms with Gasteiger partial charge in [-0.2, -0.15) is 5.10 Å². The highest BCUT2D eigenvalue weighted by molar-refractivity contribution is 5.93. The second kappa shape index (κ2) is 6.07. The number of benzene rings is 1. The zero-order valence-electron chi connectivity index (χ0n) is 13.7. The fraction of sp³-hybridized carbons (Fsp3) is 0.316. The summed E-state index contributed by atoms with van der Waals surface area (Å²) < 4.78 is 1.67. The summed E-state index contributed by atoms with van der Waals surface area (Å²) >= 11 is 0. The number of pyridine rings is 1. The van der Waals surface area contributed by atoms with Gasteiger partial charge in [-0.05, 0) is 24.3 Å². The number of aryl methyl sites for hydroxylation is 1. The molecule has 5 heteroatoms. The Kier molecular flexibility index (Phi) is 3.76. The quantitative estimate of drug-likeness (QED) is 0.729. The zero-order valence-corrected chi connectivity index (χ0v) is 13.7. The van der Waals surface area contributed by atoms with Crippen molar-refractivity contribution in [3.05, 3.63) is 60.2 Å². The number of hydrogen-bond donors (Lipinski definition) is 0. The van der Waals surface area contributed by atoms with Crippen molar-refractivity contribution >= 4 is 16.7 Å². The molecule has 0 saturated carbocycles. The minimum Gasteiger partial charge on any atom is -0.338 e. The predicted molar refractivity (Wildman–Crippen MR) is 92.8 cm³/mol. The van der Waals surface area contributed by atoms with Crippen molar-refractivity contribution in [3.63, 3.8) is 0 Å². The fourth-order valence-electron chi connectivity index (χ4n) is 3.44. The molecular weight excluding hydrogens is 300 g/mol. The van der Waals surface area contributed by atoms with Gasteiger partial charge in [0.2, 0.25) is 0 Å². The van der Waals surface area contributed by atoms with E-state index in [2.05, 4.69) is 28.3 Å². The number of piperidine rings is 1. The number of carbonyl (C=O) groups is 1. The van der Waals surface area contributed by atoms with Crippen molar-refractivity contribution in [2.75, 3.05) is 13.1 Å². The van der Waals surface area contributed by atoms with E-state index < -0.39 is 0 Å². The van der Waals surface area contributed by atoms with Gasteiger partial charge in [0.1, 0.15) is 0 Å². The molecule has 4 rings (SSSR count). The Bertz CT molecular complexity index is 886. The van der Waals surface area contributed by atoms with Crippen molar-refractivity contribution < 1.29 is 4.79 Å². The first-order chi connectivity index (χ1) is 11.7. The van der Waals surface area contributed by atoms with Gasteiger partial charge in [-0.3, -0.25) is 14.5 Å². The summed E-state index contributed by atoms with van der Waals surface area (Å²) in [5.41, 5.74) is 1.74. The van der Waals surface area contributed by atoms with Crippen LogP contribution in [0.2, 0.25) is 0 Å². The second-order valence-corrected chi connectivity index (χ2v) is 6.45. The van der Waals surface area contributed by atoms with E-state index in [1.807, 2.05) is 30.3 Å². The monoisotopic (exact) mass is 320 g/mol. The van der Waals surface area contributed by atoms with Crippen LogP contribution in [0.25, 0.3) is 10.8 Å². The van der Waals surface area contributed by atoms with E-state index in [9.17, 15) is 4.79 Å². The molecule has 1 fully saturated rings. The SMILES string of the molecule is Cn1cc(C(=O)N2CCCC(c3cc4ccccc4cn3)C2)cn1. The molecule has 2 aromatic heterocycles. The molecule has 1 unspecified atom stereocenters. The highest BCUT2D eigenvalue weighted by Crippen LogP contribution is 2.28. The molecule has 24 heavy (non-hydrogen) atoms. The zero-order chi connectivity index (χ0) is 16.5. The lowest BCUT2D eigenvalue weighted by Gasteiger charge is -2.32. The molecule has 1 atom stereocenters. The summed E-state index contributed by atoms with van der Waals surface area (Å²) in [5.74, 6) is 0.359. The number of fused-ring (bicyclic) bond motifs is 1. The lowest BCUT2D eigenvalue weighted by Crippen LogP contribution is -2.39. The molecule has 0 bridgehead atoms. The number of nitrogens with zero attached hydrogens (tertiary/aromatic N) is 4. The third-order valence-electron chi connectivity index (χ3n) is 4.73. The third kappa shape index (κ3) is 2.77. The van der Waals surface area contributed by atoms with Crippen LogP contribution < -0.4 is 0 Å². The van der Waals surface area contributed by atoms with E-state index in [1.54, 1.807) is 17.1 Å². The standard InChI is InChI=1S/C19H20N4O/c1-22-12-17(11-21-22)19(24)23-8-4-7-16(13-23)18-9-14-5-2-3-6-15(14)10-20-18/h2-3,5-6,9-12,16H,4,7-8,13H2,1H3. The summed E-state index contributed by atoms with van der Waals surface area (Å²) in [6.07, 6.45) is 7.43. The number of rotatable bonds is 2. The van der Waals surface area contributed by atoms with E-state index in [-0.39, 0.29) is 5.91 Å². The maximum atomic E-state index is 12.7. The van der Waals surface area contributed by atoms with E-state index in [0.717, 1.165) is 37.0 Å². The van der Waals surface area contributed by atoms with Crippen LogP contribution in [-0.4, -0.2) is 38.7 Å².